The Bertz CT molecular complexity index is 856. The van der Waals surface area contributed by atoms with Gasteiger partial charge in [-0.25, -0.2) is 18.1 Å². The molecule has 142 valence electrons. The van der Waals surface area contributed by atoms with E-state index in [0.717, 1.165) is 18.8 Å². The van der Waals surface area contributed by atoms with Crippen molar-refractivity contribution in [3.8, 4) is 0 Å². The minimum absolute atomic E-state index is 0.0959. The highest BCUT2D eigenvalue weighted by Gasteiger charge is 2.36. The second kappa shape index (κ2) is 7.10. The Morgan fingerprint density at radius 3 is 3.00 bits per heavy atom. The quantitative estimate of drug-likeness (QED) is 0.797. The van der Waals surface area contributed by atoms with Crippen molar-refractivity contribution in [3.05, 3.63) is 30.6 Å². The van der Waals surface area contributed by atoms with Gasteiger partial charge in [0.25, 0.3) is 0 Å². The third-order valence-corrected chi connectivity index (χ3v) is 6.35. The number of hydrogen-bond acceptors (Lipinski definition) is 6. The first-order valence-electron chi connectivity index (χ1n) is 8.85. The molecule has 1 unspecified atom stereocenters. The highest BCUT2D eigenvalue weighted by molar-refractivity contribution is 7.89. The highest BCUT2D eigenvalue weighted by Crippen LogP contribution is 2.29. The van der Waals surface area contributed by atoms with Crippen LogP contribution in [-0.4, -0.2) is 53.6 Å². The predicted molar refractivity (Wildman–Crippen MR) is 92.0 cm³/mol. The lowest BCUT2D eigenvalue weighted by molar-refractivity contribution is 0.0925. The van der Waals surface area contributed by atoms with E-state index >= 15 is 0 Å². The Hall–Kier alpha value is -1.75. The van der Waals surface area contributed by atoms with Gasteiger partial charge >= 0.3 is 0 Å². The molecule has 2 aromatic heterocycles. The number of rotatable bonds is 6. The summed E-state index contributed by atoms with van der Waals surface area (Å²) in [6, 6.07) is -0.260. The minimum atomic E-state index is -3.69. The van der Waals surface area contributed by atoms with E-state index in [2.05, 4.69) is 14.8 Å². The predicted octanol–water partition coefficient (Wildman–Crippen LogP) is 0.869. The van der Waals surface area contributed by atoms with Crippen LogP contribution in [0.3, 0.4) is 0 Å². The molecular weight excluding hydrogens is 358 g/mol. The van der Waals surface area contributed by atoms with Crippen LogP contribution in [0.4, 0.5) is 0 Å². The SMILES string of the molecule is CCn1ccnc1[C@@H]1OCC[C@H]1NS(=O)(=O)c1cnn(C2CCOC2)c1. The van der Waals surface area contributed by atoms with Crippen LogP contribution >= 0.6 is 0 Å². The Morgan fingerprint density at radius 1 is 1.35 bits per heavy atom. The van der Waals surface area contributed by atoms with E-state index in [0.29, 0.717) is 26.2 Å². The van der Waals surface area contributed by atoms with Crippen LogP contribution in [0.25, 0.3) is 0 Å². The number of imidazole rings is 1. The number of aryl methyl sites for hydroxylation is 1. The summed E-state index contributed by atoms with van der Waals surface area (Å²) in [5, 5.41) is 4.21. The lowest BCUT2D eigenvalue weighted by atomic mass is 10.1. The zero-order valence-electron chi connectivity index (χ0n) is 14.6. The molecule has 2 aliphatic rings. The molecule has 0 aliphatic carbocycles. The average molecular weight is 381 g/mol. The zero-order valence-corrected chi connectivity index (χ0v) is 15.4. The summed E-state index contributed by atoms with van der Waals surface area (Å²) in [6.45, 7) is 4.50. The molecule has 2 aromatic rings. The summed E-state index contributed by atoms with van der Waals surface area (Å²) in [7, 11) is -3.69. The van der Waals surface area contributed by atoms with Crippen molar-refractivity contribution >= 4 is 10.0 Å². The summed E-state index contributed by atoms with van der Waals surface area (Å²) in [5.41, 5.74) is 0. The summed E-state index contributed by atoms with van der Waals surface area (Å²) in [5.74, 6) is 0.747. The molecule has 26 heavy (non-hydrogen) atoms. The molecule has 2 saturated heterocycles. The molecule has 3 atom stereocenters. The largest absolute Gasteiger partial charge is 0.379 e. The minimum Gasteiger partial charge on any atom is -0.379 e. The lowest BCUT2D eigenvalue weighted by Gasteiger charge is -2.19. The van der Waals surface area contributed by atoms with E-state index in [4.69, 9.17) is 9.47 Å². The van der Waals surface area contributed by atoms with Gasteiger partial charge < -0.3 is 14.0 Å². The Labute approximate surface area is 152 Å². The van der Waals surface area contributed by atoms with Crippen LogP contribution in [-0.2, 0) is 26.0 Å². The van der Waals surface area contributed by atoms with Crippen LogP contribution in [0.2, 0.25) is 0 Å². The lowest BCUT2D eigenvalue weighted by Crippen LogP contribution is -2.37. The number of nitrogens with zero attached hydrogens (tertiary/aromatic N) is 4. The van der Waals surface area contributed by atoms with Crippen LogP contribution in [0.15, 0.2) is 29.7 Å². The van der Waals surface area contributed by atoms with Crippen LogP contribution in [0.1, 0.15) is 37.7 Å². The number of hydrogen-bond donors (Lipinski definition) is 1. The average Bonchev–Trinajstić information content (AvgIpc) is 3.38. The summed E-state index contributed by atoms with van der Waals surface area (Å²) >= 11 is 0. The molecule has 0 aromatic carbocycles. The molecular formula is C16H23N5O4S. The molecule has 0 bridgehead atoms. The van der Waals surface area contributed by atoms with Gasteiger partial charge in [-0.1, -0.05) is 0 Å². The standard InChI is InChI=1S/C16H23N5O4S/c1-2-20-6-5-17-16(20)15-14(4-8-25-15)19-26(22,23)13-9-18-21(10-13)12-3-7-24-11-12/h5-6,9-10,12,14-15,19H,2-4,7-8,11H2,1H3/t12?,14-,15-/m1/s1. The first-order chi connectivity index (χ1) is 12.6. The van der Waals surface area contributed by atoms with E-state index < -0.39 is 16.1 Å². The fourth-order valence-corrected chi connectivity index (χ4v) is 4.68. The summed E-state index contributed by atoms with van der Waals surface area (Å²) in [6.07, 6.45) is 7.59. The normalized spacial score (nSPS) is 26.6. The highest BCUT2D eigenvalue weighted by atomic mass is 32.2. The van der Waals surface area contributed by atoms with E-state index in [1.165, 1.54) is 6.20 Å². The van der Waals surface area contributed by atoms with Crippen molar-refractivity contribution < 1.29 is 17.9 Å². The number of sulfonamides is 1. The molecule has 1 N–H and O–H groups in total. The second-order valence-electron chi connectivity index (χ2n) is 6.55. The Morgan fingerprint density at radius 2 is 2.23 bits per heavy atom. The van der Waals surface area contributed by atoms with Crippen LogP contribution < -0.4 is 4.72 Å². The fourth-order valence-electron chi connectivity index (χ4n) is 3.47. The summed E-state index contributed by atoms with van der Waals surface area (Å²) in [4.78, 5) is 4.51. The maximum atomic E-state index is 12.8. The van der Waals surface area contributed by atoms with Gasteiger partial charge in [0.1, 0.15) is 16.8 Å². The van der Waals surface area contributed by atoms with Gasteiger partial charge in [-0.2, -0.15) is 5.10 Å². The van der Waals surface area contributed by atoms with Gasteiger partial charge in [0.05, 0.1) is 24.9 Å². The van der Waals surface area contributed by atoms with E-state index in [-0.39, 0.29) is 17.0 Å². The molecule has 10 heteroatoms. The molecule has 9 nitrogen and oxygen atoms in total. The van der Waals surface area contributed by atoms with Gasteiger partial charge in [0.2, 0.25) is 10.0 Å². The van der Waals surface area contributed by atoms with Crippen LogP contribution in [0, 0.1) is 0 Å². The third kappa shape index (κ3) is 3.29. The van der Waals surface area contributed by atoms with Crippen molar-refractivity contribution in [2.45, 2.75) is 49.4 Å². The van der Waals surface area contributed by atoms with Crippen molar-refractivity contribution in [2.24, 2.45) is 0 Å². The third-order valence-electron chi connectivity index (χ3n) is 4.91. The smallest absolute Gasteiger partial charge is 0.244 e. The molecule has 4 rings (SSSR count). The monoisotopic (exact) mass is 381 g/mol. The van der Waals surface area contributed by atoms with Crippen molar-refractivity contribution in [1.82, 2.24) is 24.1 Å². The van der Waals surface area contributed by atoms with Gasteiger partial charge in [-0.3, -0.25) is 4.68 Å². The van der Waals surface area contributed by atoms with Crippen molar-refractivity contribution in [1.29, 1.82) is 0 Å². The molecule has 2 aliphatic heterocycles. The summed E-state index contributed by atoms with van der Waals surface area (Å²) < 4.78 is 43.1. The van der Waals surface area contributed by atoms with E-state index in [9.17, 15) is 8.42 Å². The van der Waals surface area contributed by atoms with Gasteiger partial charge in [0, 0.05) is 38.3 Å². The second-order valence-corrected chi connectivity index (χ2v) is 8.27. The number of ether oxygens (including phenoxy) is 2. The maximum absolute atomic E-state index is 12.8. The molecule has 0 radical (unpaired) electrons. The maximum Gasteiger partial charge on any atom is 0.244 e. The molecule has 0 spiro atoms. The van der Waals surface area contributed by atoms with Gasteiger partial charge in [0.15, 0.2) is 0 Å². The van der Waals surface area contributed by atoms with E-state index in [1.807, 2.05) is 17.7 Å². The number of aromatic nitrogens is 4. The van der Waals surface area contributed by atoms with Crippen LogP contribution in [0.5, 0.6) is 0 Å². The molecule has 2 fully saturated rings. The fraction of sp³-hybridized carbons (Fsp3) is 0.625. The molecule has 4 heterocycles. The first-order valence-corrected chi connectivity index (χ1v) is 10.3. The van der Waals surface area contributed by atoms with E-state index in [1.54, 1.807) is 17.1 Å². The zero-order chi connectivity index (χ0) is 18.1. The Balaban J connectivity index is 1.51. The molecule has 0 amide bonds. The molecule has 0 saturated carbocycles. The first kappa shape index (κ1) is 17.7. The topological polar surface area (TPSA) is 100 Å². The van der Waals surface area contributed by atoms with Crippen molar-refractivity contribution in [3.63, 3.8) is 0 Å². The number of nitrogens with one attached hydrogen (secondary N) is 1. The van der Waals surface area contributed by atoms with Crippen molar-refractivity contribution in [2.75, 3.05) is 19.8 Å². The van der Waals surface area contributed by atoms with Gasteiger partial charge in [-0.05, 0) is 19.8 Å². The Kier molecular flexibility index (Phi) is 4.82. The van der Waals surface area contributed by atoms with Gasteiger partial charge in [-0.15, -0.1) is 0 Å².